The van der Waals surface area contributed by atoms with Gasteiger partial charge in [0, 0.05) is 110 Å². The first-order chi connectivity index (χ1) is 64.1. The number of carbonyl (C=O) groups is 10. The number of esters is 3. The molecule has 1 fully saturated rings. The molecule has 0 saturated carbocycles. The highest BCUT2D eigenvalue weighted by molar-refractivity contribution is 8.76. The van der Waals surface area contributed by atoms with Gasteiger partial charge in [-0.3, -0.25) is 48.1 Å². The van der Waals surface area contributed by atoms with Crippen LogP contribution in [0.5, 0.6) is 5.75 Å². The molecule has 0 radical (unpaired) electrons. The van der Waals surface area contributed by atoms with Crippen LogP contribution in [0.4, 0.5) is 4.79 Å². The molecule has 1 saturated heterocycles. The molecule has 134 heavy (non-hydrogen) atoms. The number of ether oxygens (including phenoxy) is 14. The molecule has 0 bridgehead atoms. The number of nitrogens with one attached hydrogen (secondary N) is 4. The van der Waals surface area contributed by atoms with E-state index in [9.17, 15) is 53.1 Å². The van der Waals surface area contributed by atoms with Crippen molar-refractivity contribution in [1.29, 1.82) is 0 Å². The summed E-state index contributed by atoms with van der Waals surface area (Å²) < 4.78 is 73.1. The average Bonchev–Trinajstić information content (AvgIpc) is 1.62. The van der Waals surface area contributed by atoms with Crippen LogP contribution in [0, 0.1) is 17.8 Å². The zero-order valence-corrected chi connectivity index (χ0v) is 83.9. The summed E-state index contributed by atoms with van der Waals surface area (Å²) in [7, 11) is 10.8. The number of piperidine rings is 1. The van der Waals surface area contributed by atoms with Crippen LogP contribution in [-0.4, -0.2) is 328 Å². The standard InChI is InChI=1S/C55H90N6O13S.C18H28N2O7S2.C12H22O7.C7H16O4/c1-12-25-61(54(68)50(36(6)14-3)59-52(67)44-18-15-16-26-60(44)10)45(35(4)5)30-46(71-27-13-2)53-58-43(34-75-53)51(66)57-41(29-40-21-23-42(63)24-22-40)28-37(7)55(69)74-38(8)31-56-47(64)19-17-20-48(65)72-33-49(70-11)73-39(9)32-62;1-3-14(12-21)27-17(24-2)13-26-18(23)25-10-7-15(22)19-9-11-28-29-16-6-4-5-8-20-16;1-3-9(7-13)19-12(17-2)8-18-11(16)6-4-5-10(14)15;1-3-6(4-8)11-7(5-9)10-2/h21-24,34-39,41,44-46,49-50,62-63H,12-20,25-33H2,1-11H3,(H,56,64)(H,57,66)(H,59,67);4-6,8,14,17,21H,3,7,9-13H2,1-2H3,(H,19,22);9,12-13H,3-8H2,1-2H3,(H,14,15);6-9H,3-5H2,1-2H3/t36-,37-,38?,39?,41+,44+,45+,46+,49?,50-;;;/m0.../s1. The number of carboxylic acid groups (broad SMARTS) is 1. The average molecular weight is 1970 g/mol. The molecule has 39 nitrogen and oxygen atoms in total. The highest BCUT2D eigenvalue weighted by Gasteiger charge is 2.39. The predicted octanol–water partition coefficient (Wildman–Crippen LogP) is 9.01. The Kier molecular flexibility index (Phi) is 70.0. The van der Waals surface area contributed by atoms with Crippen molar-refractivity contribution < 1.29 is 150 Å². The number of aromatic hydroxyl groups is 1. The third-order valence-electron chi connectivity index (χ3n) is 20.8. The minimum atomic E-state index is -0.945. The normalized spacial score (nSPS) is 15.9. The van der Waals surface area contributed by atoms with E-state index in [-0.39, 0.29) is 189 Å². The topological polar surface area (TPSA) is 522 Å². The number of hydrogen-bond acceptors (Lipinski definition) is 36. The minimum Gasteiger partial charge on any atom is -0.508 e. The van der Waals surface area contributed by atoms with Gasteiger partial charge in [0.2, 0.25) is 23.6 Å². The SMILES string of the molecule is CCC(CO)OC(CO)OC.CCC(CO)OC(COC(=O)CCCC(=O)O)OC.CCC(CO)OC(COC(=O)OCCC(=O)NCCSSc1ccccn1)OC.CCCO[C@H](C[C@H](C(C)C)N(CCC)C(=O)[C@@H](NC(=O)[C@H]1CCCCN1C)[C@@H](C)CC)c1nc(C(=O)N[C@@H](Cc2ccc(O)cc2)C[C@H](C)C(=O)OC(C)CNC(=O)CCCC(=O)OCC(OC)OC(C)CO)cs1. The number of likely N-dealkylation sites (N-methyl/N-ethyl adjacent to an activating group) is 1. The lowest BCUT2D eigenvalue weighted by Crippen LogP contribution is -2.58. The summed E-state index contributed by atoms with van der Waals surface area (Å²) in [6.45, 7) is 24.0. The fourth-order valence-corrected chi connectivity index (χ4v) is 15.3. The van der Waals surface area contributed by atoms with Crippen LogP contribution in [0.15, 0.2) is 59.1 Å². The zero-order valence-electron chi connectivity index (χ0n) is 81.5. The van der Waals surface area contributed by atoms with Crippen LogP contribution < -0.4 is 21.3 Å². The van der Waals surface area contributed by atoms with E-state index in [0.29, 0.717) is 69.6 Å². The number of pyridine rings is 1. The molecule has 9 unspecified atom stereocenters. The van der Waals surface area contributed by atoms with Crippen molar-refractivity contribution in [2.24, 2.45) is 17.8 Å². The van der Waals surface area contributed by atoms with Gasteiger partial charge in [-0.25, -0.2) is 14.8 Å². The third kappa shape index (κ3) is 55.1. The number of aliphatic hydroxyl groups is 5. The summed E-state index contributed by atoms with van der Waals surface area (Å²) in [6.07, 6.45) is 3.42. The number of carboxylic acids is 1. The minimum absolute atomic E-state index is 0.0114. The fraction of sp³-hybridized carbons (Fsp3) is 0.739. The summed E-state index contributed by atoms with van der Waals surface area (Å²) in [5.74, 6) is -3.64. The number of methoxy groups -OCH3 is 4. The second kappa shape index (κ2) is 75.4. The van der Waals surface area contributed by atoms with Crippen molar-refractivity contribution in [2.45, 2.75) is 296 Å². The molecule has 768 valence electrons. The number of aromatic nitrogens is 2. The number of aliphatic hydroxyl groups excluding tert-OH is 5. The van der Waals surface area contributed by atoms with Gasteiger partial charge in [-0.2, -0.15) is 0 Å². The Hall–Kier alpha value is -7.60. The second-order valence-electron chi connectivity index (χ2n) is 32.2. The summed E-state index contributed by atoms with van der Waals surface area (Å²) in [4.78, 5) is 139. The quantitative estimate of drug-likeness (QED) is 0.00825. The van der Waals surface area contributed by atoms with Crippen LogP contribution in [0.2, 0.25) is 0 Å². The Morgan fingerprint density at radius 2 is 1.20 bits per heavy atom. The van der Waals surface area contributed by atoms with E-state index in [1.54, 1.807) is 78.2 Å². The summed E-state index contributed by atoms with van der Waals surface area (Å²) in [5.41, 5.74) is 0.999. The lowest BCUT2D eigenvalue weighted by Gasteiger charge is -2.40. The Labute approximate surface area is 802 Å². The molecule has 0 spiro atoms. The molecule has 4 rings (SSSR count). The number of rotatable bonds is 67. The Morgan fingerprint density at radius 3 is 1.72 bits per heavy atom. The van der Waals surface area contributed by atoms with Crippen molar-refractivity contribution in [2.75, 3.05) is 133 Å². The molecule has 2 aromatic heterocycles. The number of amides is 5. The molecule has 3 aromatic rings. The molecule has 1 aliphatic rings. The van der Waals surface area contributed by atoms with Crippen molar-refractivity contribution >= 4 is 92.5 Å². The summed E-state index contributed by atoms with van der Waals surface area (Å²) in [5, 5.41) is 77.9. The highest BCUT2D eigenvalue weighted by atomic mass is 33.1. The number of thiazole rings is 1. The van der Waals surface area contributed by atoms with Gasteiger partial charge in [0.05, 0.1) is 82.4 Å². The van der Waals surface area contributed by atoms with E-state index in [1.165, 1.54) is 39.8 Å². The van der Waals surface area contributed by atoms with E-state index < -0.39 is 104 Å². The van der Waals surface area contributed by atoms with Gasteiger partial charge in [-0.05, 0) is 151 Å². The molecule has 42 heteroatoms. The van der Waals surface area contributed by atoms with Crippen LogP contribution in [0.25, 0.3) is 0 Å². The number of phenolic OH excluding ortho intramolecular Hbond substituents is 1. The van der Waals surface area contributed by atoms with Gasteiger partial charge in [-0.15, -0.1) is 11.3 Å². The van der Waals surface area contributed by atoms with Crippen LogP contribution in [0.3, 0.4) is 0 Å². The monoisotopic (exact) mass is 1970 g/mol. The maximum atomic E-state index is 14.8. The third-order valence-corrected chi connectivity index (χ3v) is 24.0. The summed E-state index contributed by atoms with van der Waals surface area (Å²) in [6, 6.07) is 10.5. The lowest BCUT2D eigenvalue weighted by atomic mass is 9.92. The predicted molar refractivity (Wildman–Crippen MR) is 503 cm³/mol. The van der Waals surface area contributed by atoms with E-state index in [4.69, 9.17) is 102 Å². The smallest absolute Gasteiger partial charge is 0.508 e. The van der Waals surface area contributed by atoms with Crippen molar-refractivity contribution in [3.63, 3.8) is 0 Å². The number of carbonyl (C=O) groups excluding carboxylic acids is 9. The molecule has 5 amide bonds. The van der Waals surface area contributed by atoms with E-state index in [2.05, 4.69) is 45.0 Å². The molecular weight excluding hydrogens is 1810 g/mol. The molecule has 1 aromatic carbocycles. The Bertz CT molecular complexity index is 3640. The maximum absolute atomic E-state index is 14.8. The van der Waals surface area contributed by atoms with Crippen LogP contribution >= 0.6 is 32.9 Å². The summed E-state index contributed by atoms with van der Waals surface area (Å²) >= 11 is 1.31. The van der Waals surface area contributed by atoms with Crippen molar-refractivity contribution in [1.82, 2.24) is 41.0 Å². The van der Waals surface area contributed by atoms with Crippen molar-refractivity contribution in [3.05, 3.63) is 70.3 Å². The van der Waals surface area contributed by atoms with Gasteiger partial charge < -0.3 is 128 Å². The molecule has 0 aliphatic carbocycles. The number of phenols is 1. The van der Waals surface area contributed by atoms with Gasteiger partial charge in [0.25, 0.3) is 5.91 Å². The van der Waals surface area contributed by atoms with E-state index >= 15 is 0 Å². The molecule has 11 N–H and O–H groups in total. The number of likely N-dealkylation sites (tertiary alicyclic amines) is 1. The van der Waals surface area contributed by atoms with E-state index in [1.807, 2.05) is 78.6 Å². The highest BCUT2D eigenvalue weighted by Crippen LogP contribution is 2.33. The van der Waals surface area contributed by atoms with Gasteiger partial charge in [0.1, 0.15) is 66.2 Å². The zero-order chi connectivity index (χ0) is 100. The number of benzene rings is 1. The Balaban J connectivity index is 0.00000122. The molecular formula is C92H156N8O31S3. The largest absolute Gasteiger partial charge is 0.508 e. The Morgan fingerprint density at radius 1 is 0.619 bits per heavy atom. The number of aliphatic carboxylic acids is 1. The molecule has 1 aliphatic heterocycles. The van der Waals surface area contributed by atoms with Gasteiger partial charge in [-0.1, -0.05) is 111 Å². The van der Waals surface area contributed by atoms with Crippen molar-refractivity contribution in [3.8, 4) is 5.75 Å². The van der Waals surface area contributed by atoms with Gasteiger partial charge >= 0.3 is 30.0 Å². The lowest BCUT2D eigenvalue weighted by molar-refractivity contribution is -0.194. The fourth-order valence-electron chi connectivity index (χ4n) is 12.7. The number of hydrogen-bond donors (Lipinski definition) is 11. The van der Waals surface area contributed by atoms with Crippen LogP contribution in [0.1, 0.15) is 226 Å². The van der Waals surface area contributed by atoms with E-state index in [0.717, 1.165) is 48.6 Å². The molecule has 16 atom stereocenters. The maximum Gasteiger partial charge on any atom is 0.508 e. The molecule has 3 heterocycles. The first-order valence-electron chi connectivity index (χ1n) is 46.2. The van der Waals surface area contributed by atoms with Crippen LogP contribution in [-0.2, 0) is 111 Å². The first kappa shape index (κ1) is 124. The van der Waals surface area contributed by atoms with Gasteiger partial charge in [0.15, 0.2) is 25.2 Å². The first-order valence-corrected chi connectivity index (χ1v) is 49.4. The number of nitrogens with zero attached hydrogens (tertiary/aromatic N) is 4. The second-order valence-corrected chi connectivity index (χ2v) is 35.5.